The molecule has 1 aliphatic heterocycles. The molecule has 4 nitrogen and oxygen atoms in total. The molecule has 94 valence electrons. The van der Waals surface area contributed by atoms with Crippen LogP contribution in [-0.4, -0.2) is 23.2 Å². The van der Waals surface area contributed by atoms with Gasteiger partial charge in [-0.05, 0) is 18.9 Å². The van der Waals surface area contributed by atoms with Crippen molar-refractivity contribution in [1.82, 2.24) is 9.97 Å². The van der Waals surface area contributed by atoms with Crippen LogP contribution in [0.2, 0.25) is 0 Å². The summed E-state index contributed by atoms with van der Waals surface area (Å²) < 4.78 is 5.17. The maximum absolute atomic E-state index is 9.28. The largest absolute Gasteiger partial charge is 0.377 e. The van der Waals surface area contributed by atoms with Crippen molar-refractivity contribution in [3.05, 3.63) is 23.8 Å². The maximum Gasteiger partial charge on any atom is 0.163 e. The van der Waals surface area contributed by atoms with Crippen LogP contribution in [0, 0.1) is 11.3 Å². The molecular formula is C14H17N3O. The molecule has 0 N–H and O–H groups in total. The molecule has 2 aliphatic rings. The Bertz CT molecular complexity index is 470. The molecular weight excluding hydrogens is 226 g/mol. The van der Waals surface area contributed by atoms with Crippen molar-refractivity contribution in [3.63, 3.8) is 0 Å². The summed E-state index contributed by atoms with van der Waals surface area (Å²) in [5.41, 5.74) is 0.520. The standard InChI is InChI=1S/C14H17N3O/c15-8-14(9-18-10-14)13-16-7-6-12(17-13)11-4-2-1-3-5-11/h6-7,11H,1-5,9-10H2. The van der Waals surface area contributed by atoms with Crippen molar-refractivity contribution in [2.24, 2.45) is 0 Å². The van der Waals surface area contributed by atoms with Gasteiger partial charge in [-0.2, -0.15) is 5.26 Å². The lowest BCUT2D eigenvalue weighted by molar-refractivity contribution is -0.0340. The molecule has 2 fully saturated rings. The second-order valence-electron chi connectivity index (χ2n) is 5.33. The van der Waals surface area contributed by atoms with Crippen molar-refractivity contribution in [2.45, 2.75) is 43.4 Å². The normalized spacial score (nSPS) is 23.1. The minimum absolute atomic E-state index is 0.428. The first kappa shape index (κ1) is 11.6. The van der Waals surface area contributed by atoms with E-state index < -0.39 is 5.41 Å². The highest BCUT2D eigenvalue weighted by molar-refractivity contribution is 5.26. The number of hydrogen-bond donors (Lipinski definition) is 0. The minimum atomic E-state index is -0.593. The van der Waals surface area contributed by atoms with E-state index in [1.165, 1.54) is 32.1 Å². The van der Waals surface area contributed by atoms with Gasteiger partial charge in [0.25, 0.3) is 0 Å². The lowest BCUT2D eigenvalue weighted by Crippen LogP contribution is -2.47. The summed E-state index contributed by atoms with van der Waals surface area (Å²) in [5.74, 6) is 1.21. The van der Waals surface area contributed by atoms with E-state index in [0.717, 1.165) is 5.69 Å². The summed E-state index contributed by atoms with van der Waals surface area (Å²) in [7, 11) is 0. The highest BCUT2D eigenvalue weighted by Crippen LogP contribution is 2.34. The molecule has 1 aliphatic carbocycles. The van der Waals surface area contributed by atoms with Crippen molar-refractivity contribution in [2.75, 3.05) is 13.2 Å². The van der Waals surface area contributed by atoms with Crippen LogP contribution < -0.4 is 0 Å². The van der Waals surface area contributed by atoms with Crippen LogP contribution in [0.3, 0.4) is 0 Å². The fourth-order valence-corrected chi connectivity index (χ4v) is 2.78. The molecule has 1 saturated heterocycles. The second kappa shape index (κ2) is 4.66. The first-order chi connectivity index (χ1) is 8.84. The number of hydrogen-bond acceptors (Lipinski definition) is 4. The van der Waals surface area contributed by atoms with Crippen molar-refractivity contribution in [3.8, 4) is 6.07 Å². The van der Waals surface area contributed by atoms with Crippen LogP contribution in [0.5, 0.6) is 0 Å². The van der Waals surface area contributed by atoms with E-state index in [0.29, 0.717) is 25.0 Å². The van der Waals surface area contributed by atoms with Gasteiger partial charge in [0.05, 0.1) is 19.3 Å². The second-order valence-corrected chi connectivity index (χ2v) is 5.33. The Labute approximate surface area is 107 Å². The van der Waals surface area contributed by atoms with E-state index in [1.54, 1.807) is 6.20 Å². The third-order valence-corrected chi connectivity index (χ3v) is 4.04. The summed E-state index contributed by atoms with van der Waals surface area (Å²) in [4.78, 5) is 8.93. The van der Waals surface area contributed by atoms with E-state index in [1.807, 2.05) is 6.07 Å². The molecule has 0 aromatic carbocycles. The Kier molecular flexibility index (Phi) is 3.00. The fourth-order valence-electron chi connectivity index (χ4n) is 2.78. The summed E-state index contributed by atoms with van der Waals surface area (Å²) in [6.07, 6.45) is 8.14. The molecule has 4 heteroatoms. The zero-order valence-electron chi connectivity index (χ0n) is 10.4. The van der Waals surface area contributed by atoms with Gasteiger partial charge in [-0.25, -0.2) is 9.97 Å². The third-order valence-electron chi connectivity index (χ3n) is 4.04. The highest BCUT2D eigenvalue weighted by Gasteiger charge is 2.44. The molecule has 1 saturated carbocycles. The molecule has 0 atom stereocenters. The molecule has 2 heterocycles. The molecule has 0 radical (unpaired) electrons. The van der Waals surface area contributed by atoms with Crippen LogP contribution in [0.25, 0.3) is 0 Å². The van der Waals surface area contributed by atoms with Gasteiger partial charge in [-0.15, -0.1) is 0 Å². The molecule has 0 unspecified atom stereocenters. The van der Waals surface area contributed by atoms with Crippen molar-refractivity contribution >= 4 is 0 Å². The quantitative estimate of drug-likeness (QED) is 0.799. The molecule has 1 aromatic heterocycles. The topological polar surface area (TPSA) is 58.8 Å². The summed E-state index contributed by atoms with van der Waals surface area (Å²) in [6, 6.07) is 4.32. The van der Waals surface area contributed by atoms with E-state index >= 15 is 0 Å². The van der Waals surface area contributed by atoms with Crippen molar-refractivity contribution < 1.29 is 4.74 Å². The van der Waals surface area contributed by atoms with Gasteiger partial charge >= 0.3 is 0 Å². The predicted molar refractivity (Wildman–Crippen MR) is 66.0 cm³/mol. The summed E-state index contributed by atoms with van der Waals surface area (Å²) >= 11 is 0. The van der Waals surface area contributed by atoms with Crippen LogP contribution in [0.4, 0.5) is 0 Å². The zero-order chi connectivity index (χ0) is 12.4. The first-order valence-corrected chi connectivity index (χ1v) is 6.66. The smallest absolute Gasteiger partial charge is 0.163 e. The predicted octanol–water partition coefficient (Wildman–Crippen LogP) is 2.32. The molecule has 3 rings (SSSR count). The third kappa shape index (κ3) is 1.89. The van der Waals surface area contributed by atoms with Crippen LogP contribution >= 0.6 is 0 Å². The van der Waals surface area contributed by atoms with Gasteiger partial charge in [0.15, 0.2) is 11.2 Å². The number of nitriles is 1. The van der Waals surface area contributed by atoms with Crippen LogP contribution in [0.1, 0.15) is 49.5 Å². The Morgan fingerprint density at radius 3 is 2.67 bits per heavy atom. The fraction of sp³-hybridized carbons (Fsp3) is 0.643. The average molecular weight is 243 g/mol. The molecule has 0 amide bonds. The SMILES string of the molecule is N#CC1(c2nccc(C3CCCCC3)n2)COC1. The lowest BCUT2D eigenvalue weighted by Gasteiger charge is -2.33. The van der Waals surface area contributed by atoms with Gasteiger partial charge in [-0.3, -0.25) is 0 Å². The number of rotatable bonds is 2. The summed E-state index contributed by atoms with van der Waals surface area (Å²) in [6.45, 7) is 0.856. The highest BCUT2D eigenvalue weighted by atomic mass is 16.5. The Balaban J connectivity index is 1.87. The molecule has 18 heavy (non-hydrogen) atoms. The Morgan fingerprint density at radius 2 is 2.06 bits per heavy atom. The first-order valence-electron chi connectivity index (χ1n) is 6.66. The number of nitrogens with zero attached hydrogens (tertiary/aromatic N) is 3. The van der Waals surface area contributed by atoms with Gasteiger partial charge < -0.3 is 4.74 Å². The van der Waals surface area contributed by atoms with Crippen molar-refractivity contribution in [1.29, 1.82) is 5.26 Å². The van der Waals surface area contributed by atoms with Gasteiger partial charge in [-0.1, -0.05) is 19.3 Å². The van der Waals surface area contributed by atoms with E-state index in [4.69, 9.17) is 4.74 Å². The number of ether oxygens (including phenoxy) is 1. The Hall–Kier alpha value is -1.47. The van der Waals surface area contributed by atoms with E-state index in [2.05, 4.69) is 16.0 Å². The summed E-state index contributed by atoms with van der Waals surface area (Å²) in [5, 5.41) is 9.28. The zero-order valence-corrected chi connectivity index (χ0v) is 10.4. The van der Waals surface area contributed by atoms with Crippen LogP contribution in [-0.2, 0) is 10.2 Å². The molecule has 0 bridgehead atoms. The van der Waals surface area contributed by atoms with Gasteiger partial charge in [0.1, 0.15) is 0 Å². The van der Waals surface area contributed by atoms with Gasteiger partial charge in [0.2, 0.25) is 0 Å². The molecule has 1 aromatic rings. The maximum atomic E-state index is 9.28. The number of aromatic nitrogens is 2. The van der Waals surface area contributed by atoms with Crippen LogP contribution in [0.15, 0.2) is 12.3 Å². The van der Waals surface area contributed by atoms with E-state index in [9.17, 15) is 5.26 Å². The minimum Gasteiger partial charge on any atom is -0.377 e. The van der Waals surface area contributed by atoms with Gasteiger partial charge in [0, 0.05) is 17.8 Å². The lowest BCUT2D eigenvalue weighted by atomic mass is 9.85. The average Bonchev–Trinajstić information content (AvgIpc) is 2.40. The molecule has 0 spiro atoms. The Morgan fingerprint density at radius 1 is 1.28 bits per heavy atom. The monoisotopic (exact) mass is 243 g/mol. The van der Waals surface area contributed by atoms with E-state index in [-0.39, 0.29) is 0 Å².